The van der Waals surface area contributed by atoms with Gasteiger partial charge in [-0.3, -0.25) is 4.79 Å². The van der Waals surface area contributed by atoms with E-state index in [0.29, 0.717) is 6.54 Å². The fraction of sp³-hybridized carbons (Fsp3) is 0.304. The molecule has 2 aromatic carbocycles. The van der Waals surface area contributed by atoms with E-state index in [1.54, 1.807) is 0 Å². The van der Waals surface area contributed by atoms with E-state index in [4.69, 9.17) is 9.72 Å². The summed E-state index contributed by atoms with van der Waals surface area (Å²) in [5, 5.41) is 4.24. The van der Waals surface area contributed by atoms with Crippen LogP contribution in [0, 0.1) is 0 Å². The van der Waals surface area contributed by atoms with Crippen molar-refractivity contribution in [1.82, 2.24) is 4.98 Å². The van der Waals surface area contributed by atoms with Crippen LogP contribution in [-0.4, -0.2) is 50.3 Å². The number of quaternary nitrogens is 1. The molecule has 1 amide bonds. The zero-order valence-corrected chi connectivity index (χ0v) is 16.4. The Morgan fingerprint density at radius 2 is 1.83 bits per heavy atom. The third kappa shape index (κ3) is 3.57. The second kappa shape index (κ2) is 7.81. The van der Waals surface area contributed by atoms with Gasteiger partial charge in [-0.1, -0.05) is 36.4 Å². The van der Waals surface area contributed by atoms with Crippen molar-refractivity contribution < 1.29 is 14.4 Å². The lowest BCUT2D eigenvalue weighted by Gasteiger charge is -2.23. The van der Waals surface area contributed by atoms with Gasteiger partial charge in [0, 0.05) is 23.2 Å². The lowest BCUT2D eigenvalue weighted by molar-refractivity contribution is -0.899. The van der Waals surface area contributed by atoms with Crippen molar-refractivity contribution in [1.29, 1.82) is 0 Å². The molecule has 6 heteroatoms. The molecule has 3 aromatic rings. The van der Waals surface area contributed by atoms with Crippen LogP contribution in [0.3, 0.4) is 0 Å². The highest BCUT2D eigenvalue weighted by atomic mass is 16.5. The van der Waals surface area contributed by atoms with Crippen LogP contribution in [0.25, 0.3) is 10.9 Å². The molecular formula is C23H25N4O2+. The van der Waals surface area contributed by atoms with E-state index in [-0.39, 0.29) is 5.91 Å². The number of benzene rings is 2. The van der Waals surface area contributed by atoms with Gasteiger partial charge in [-0.25, -0.2) is 4.98 Å². The van der Waals surface area contributed by atoms with Gasteiger partial charge in [-0.05, 0) is 24.6 Å². The Labute approximate surface area is 170 Å². The number of morpholine rings is 1. The molecule has 5 rings (SSSR count). The van der Waals surface area contributed by atoms with Crippen molar-refractivity contribution in [2.24, 2.45) is 0 Å². The maximum Gasteiger partial charge on any atom is 0.279 e. The third-order valence-electron chi connectivity index (χ3n) is 5.76. The molecular weight excluding hydrogens is 364 g/mol. The number of anilines is 3. The molecule has 3 heterocycles. The Bertz CT molecular complexity index is 1030. The molecule has 0 aliphatic carbocycles. The van der Waals surface area contributed by atoms with Crippen LogP contribution in [0.5, 0.6) is 0 Å². The Morgan fingerprint density at radius 3 is 2.66 bits per heavy atom. The van der Waals surface area contributed by atoms with Crippen LogP contribution in [0.15, 0.2) is 54.6 Å². The first kappa shape index (κ1) is 18.1. The van der Waals surface area contributed by atoms with Crippen LogP contribution in [0.4, 0.5) is 17.2 Å². The Kier molecular flexibility index (Phi) is 4.87. The summed E-state index contributed by atoms with van der Waals surface area (Å²) in [4.78, 5) is 21.3. The number of fused-ring (bicyclic) bond motifs is 2. The van der Waals surface area contributed by atoms with E-state index in [1.165, 1.54) is 4.90 Å². The summed E-state index contributed by atoms with van der Waals surface area (Å²) >= 11 is 0. The normalized spacial score (nSPS) is 16.8. The van der Waals surface area contributed by atoms with Gasteiger partial charge in [-0.2, -0.15) is 0 Å². The van der Waals surface area contributed by atoms with Crippen LogP contribution in [-0.2, 0) is 16.0 Å². The SMILES string of the molecule is O=C(C[NH+]1CCOCC1)Nc1c2c(nc3ccccc13)N(c1ccccc1)CC2. The van der Waals surface area contributed by atoms with Crippen molar-refractivity contribution in [3.8, 4) is 0 Å². The fourth-order valence-electron chi connectivity index (χ4n) is 4.28. The highest BCUT2D eigenvalue weighted by molar-refractivity contribution is 6.04. The minimum absolute atomic E-state index is 0.0543. The average Bonchev–Trinajstić information content (AvgIpc) is 3.19. The third-order valence-corrected chi connectivity index (χ3v) is 5.76. The van der Waals surface area contributed by atoms with Gasteiger partial charge in [-0.15, -0.1) is 0 Å². The number of amides is 1. The second-order valence-electron chi connectivity index (χ2n) is 7.63. The van der Waals surface area contributed by atoms with Crippen LogP contribution in [0.2, 0.25) is 0 Å². The monoisotopic (exact) mass is 389 g/mol. The standard InChI is InChI=1S/C23H24N4O2/c28-21(16-26-12-14-29-15-13-26)25-22-18-8-4-5-9-20(18)24-23-19(22)10-11-27(23)17-6-2-1-3-7-17/h1-9H,10-16H2,(H,24,25,28)/p+1. The molecule has 2 aliphatic heterocycles. The summed E-state index contributed by atoms with van der Waals surface area (Å²) < 4.78 is 5.41. The zero-order chi connectivity index (χ0) is 19.6. The number of hydrogen-bond donors (Lipinski definition) is 2. The van der Waals surface area contributed by atoms with Crippen molar-refractivity contribution in [2.75, 3.05) is 49.6 Å². The summed E-state index contributed by atoms with van der Waals surface area (Å²) in [7, 11) is 0. The number of nitrogens with one attached hydrogen (secondary N) is 2. The summed E-state index contributed by atoms with van der Waals surface area (Å²) in [6, 6.07) is 18.4. The first-order valence-corrected chi connectivity index (χ1v) is 10.2. The molecule has 0 atom stereocenters. The van der Waals surface area contributed by atoms with Gasteiger partial charge >= 0.3 is 0 Å². The zero-order valence-electron chi connectivity index (χ0n) is 16.4. The number of rotatable bonds is 4. The molecule has 1 saturated heterocycles. The van der Waals surface area contributed by atoms with Gasteiger partial charge < -0.3 is 19.9 Å². The maximum absolute atomic E-state index is 12.9. The van der Waals surface area contributed by atoms with Gasteiger partial charge in [0.05, 0.1) is 24.4 Å². The minimum Gasteiger partial charge on any atom is -0.370 e. The largest absolute Gasteiger partial charge is 0.370 e. The molecule has 0 radical (unpaired) electrons. The molecule has 148 valence electrons. The number of ether oxygens (including phenoxy) is 1. The molecule has 0 unspecified atom stereocenters. The quantitative estimate of drug-likeness (QED) is 0.714. The van der Waals surface area contributed by atoms with E-state index in [0.717, 1.165) is 72.9 Å². The van der Waals surface area contributed by atoms with Crippen LogP contribution < -0.4 is 15.1 Å². The lowest BCUT2D eigenvalue weighted by Crippen LogP contribution is -3.15. The van der Waals surface area contributed by atoms with Crippen molar-refractivity contribution in [3.63, 3.8) is 0 Å². The minimum atomic E-state index is 0.0543. The average molecular weight is 389 g/mol. The Hall–Kier alpha value is -2.96. The topological polar surface area (TPSA) is 58.9 Å². The highest BCUT2D eigenvalue weighted by Gasteiger charge is 2.28. The van der Waals surface area contributed by atoms with Crippen LogP contribution in [0.1, 0.15) is 5.56 Å². The molecule has 1 fully saturated rings. The summed E-state index contributed by atoms with van der Waals surface area (Å²) in [6.07, 6.45) is 0.863. The van der Waals surface area contributed by atoms with Crippen LogP contribution >= 0.6 is 0 Å². The molecule has 6 nitrogen and oxygen atoms in total. The molecule has 2 aliphatic rings. The number of carbonyl (C=O) groups excluding carboxylic acids is 1. The van der Waals surface area contributed by atoms with E-state index in [2.05, 4.69) is 22.3 Å². The van der Waals surface area contributed by atoms with Crippen molar-refractivity contribution >= 4 is 34.0 Å². The molecule has 29 heavy (non-hydrogen) atoms. The van der Waals surface area contributed by atoms with E-state index in [9.17, 15) is 4.79 Å². The summed E-state index contributed by atoms with van der Waals surface area (Å²) in [5.41, 5.74) is 4.08. The summed E-state index contributed by atoms with van der Waals surface area (Å²) in [6.45, 7) is 4.54. The lowest BCUT2D eigenvalue weighted by atomic mass is 10.1. The van der Waals surface area contributed by atoms with E-state index >= 15 is 0 Å². The molecule has 0 bridgehead atoms. The Balaban J connectivity index is 1.50. The number of nitrogens with zero attached hydrogens (tertiary/aromatic N) is 2. The molecule has 2 N–H and O–H groups in total. The number of carbonyl (C=O) groups is 1. The number of aromatic nitrogens is 1. The first-order valence-electron chi connectivity index (χ1n) is 10.2. The molecule has 0 saturated carbocycles. The fourth-order valence-corrected chi connectivity index (χ4v) is 4.28. The smallest absolute Gasteiger partial charge is 0.279 e. The van der Waals surface area contributed by atoms with E-state index in [1.807, 2.05) is 42.5 Å². The first-order chi connectivity index (χ1) is 14.3. The maximum atomic E-state index is 12.9. The highest BCUT2D eigenvalue weighted by Crippen LogP contribution is 2.40. The summed E-state index contributed by atoms with van der Waals surface area (Å²) in [5.74, 6) is 1.00. The van der Waals surface area contributed by atoms with Crippen molar-refractivity contribution in [2.45, 2.75) is 6.42 Å². The number of para-hydroxylation sites is 2. The number of hydrogen-bond acceptors (Lipinski definition) is 4. The number of pyridine rings is 1. The van der Waals surface area contributed by atoms with Gasteiger partial charge in [0.2, 0.25) is 0 Å². The van der Waals surface area contributed by atoms with Crippen molar-refractivity contribution in [3.05, 3.63) is 60.2 Å². The Morgan fingerprint density at radius 1 is 1.07 bits per heavy atom. The predicted molar refractivity (Wildman–Crippen MR) is 114 cm³/mol. The van der Waals surface area contributed by atoms with E-state index < -0.39 is 0 Å². The van der Waals surface area contributed by atoms with Gasteiger partial charge in [0.1, 0.15) is 18.9 Å². The molecule has 0 spiro atoms. The predicted octanol–water partition coefficient (Wildman–Crippen LogP) is 1.78. The van der Waals surface area contributed by atoms with Gasteiger partial charge in [0.25, 0.3) is 5.91 Å². The second-order valence-corrected chi connectivity index (χ2v) is 7.63. The van der Waals surface area contributed by atoms with Gasteiger partial charge in [0.15, 0.2) is 6.54 Å². The molecule has 1 aromatic heterocycles.